The molecule has 0 atom stereocenters. The molecule has 4 nitrogen and oxygen atoms in total. The highest BCUT2D eigenvalue weighted by Crippen LogP contribution is 2.34. The van der Waals surface area contributed by atoms with Gasteiger partial charge in [0.25, 0.3) is 0 Å². The summed E-state index contributed by atoms with van der Waals surface area (Å²) in [5, 5.41) is 4.02. The van der Waals surface area contributed by atoms with Crippen LogP contribution in [0.25, 0.3) is 0 Å². The van der Waals surface area contributed by atoms with Gasteiger partial charge in [0, 0.05) is 7.05 Å². The van der Waals surface area contributed by atoms with Gasteiger partial charge in [0.1, 0.15) is 0 Å². The zero-order valence-electron chi connectivity index (χ0n) is 9.03. The first-order chi connectivity index (χ1) is 8.04. The molecule has 0 aromatic carbocycles. The summed E-state index contributed by atoms with van der Waals surface area (Å²) in [6.45, 7) is 0. The number of halogens is 2. The van der Waals surface area contributed by atoms with E-state index in [2.05, 4.69) is 37.0 Å². The highest BCUT2D eigenvalue weighted by atomic mass is 79.9. The minimum atomic E-state index is -0.115. The van der Waals surface area contributed by atoms with E-state index in [4.69, 9.17) is 4.74 Å². The highest BCUT2D eigenvalue weighted by Gasteiger charge is 2.22. The van der Waals surface area contributed by atoms with Gasteiger partial charge in [0.2, 0.25) is 5.78 Å². The molecule has 2 heterocycles. The molecule has 0 saturated heterocycles. The lowest BCUT2D eigenvalue weighted by atomic mass is 10.1. The Balaban J connectivity index is 2.50. The lowest BCUT2D eigenvalue weighted by Gasteiger charge is -2.03. The maximum Gasteiger partial charge on any atom is 0.216 e. The highest BCUT2D eigenvalue weighted by molar-refractivity contribution is 9.12. The van der Waals surface area contributed by atoms with Crippen molar-refractivity contribution in [3.05, 3.63) is 31.1 Å². The summed E-state index contributed by atoms with van der Waals surface area (Å²) in [6.07, 6.45) is 1.53. The summed E-state index contributed by atoms with van der Waals surface area (Å²) < 4.78 is 8.33. The Morgan fingerprint density at radius 3 is 2.76 bits per heavy atom. The fourth-order valence-corrected chi connectivity index (χ4v) is 4.24. The molecule has 0 spiro atoms. The Labute approximate surface area is 119 Å². The number of hydrogen-bond acceptors (Lipinski definition) is 4. The van der Waals surface area contributed by atoms with E-state index in [1.54, 1.807) is 13.1 Å². The van der Waals surface area contributed by atoms with Crippen molar-refractivity contribution in [1.82, 2.24) is 9.78 Å². The summed E-state index contributed by atoms with van der Waals surface area (Å²) in [6, 6.07) is 1.78. The van der Waals surface area contributed by atoms with Crippen molar-refractivity contribution in [3.63, 3.8) is 0 Å². The summed E-state index contributed by atoms with van der Waals surface area (Å²) in [5.41, 5.74) is 1.04. The van der Waals surface area contributed by atoms with Gasteiger partial charge in [-0.15, -0.1) is 11.3 Å². The first kappa shape index (κ1) is 12.8. The van der Waals surface area contributed by atoms with Crippen molar-refractivity contribution in [2.24, 2.45) is 7.05 Å². The average Bonchev–Trinajstić information content (AvgIpc) is 2.80. The SMILES string of the molecule is COc1cnn(C)c1C(=O)c1cc(Br)sc1Br. The van der Waals surface area contributed by atoms with Gasteiger partial charge in [-0.05, 0) is 37.9 Å². The van der Waals surface area contributed by atoms with Crippen LogP contribution in [-0.4, -0.2) is 22.7 Å². The molecule has 2 aromatic heterocycles. The van der Waals surface area contributed by atoms with Gasteiger partial charge in [-0.2, -0.15) is 5.10 Å². The first-order valence-electron chi connectivity index (χ1n) is 4.60. The summed E-state index contributed by atoms with van der Waals surface area (Å²) >= 11 is 8.18. The molecule has 0 bridgehead atoms. The van der Waals surface area contributed by atoms with E-state index in [9.17, 15) is 4.79 Å². The summed E-state index contributed by atoms with van der Waals surface area (Å²) in [5.74, 6) is 0.363. The second-order valence-electron chi connectivity index (χ2n) is 3.25. The molecule has 0 radical (unpaired) electrons. The van der Waals surface area contributed by atoms with Crippen LogP contribution in [0, 0.1) is 0 Å². The van der Waals surface area contributed by atoms with Crippen LogP contribution in [0.5, 0.6) is 5.75 Å². The van der Waals surface area contributed by atoms with Crippen LogP contribution in [0.3, 0.4) is 0 Å². The Morgan fingerprint density at radius 2 is 2.24 bits per heavy atom. The summed E-state index contributed by atoms with van der Waals surface area (Å²) in [4.78, 5) is 12.4. The third-order valence-corrected chi connectivity index (χ3v) is 4.58. The second kappa shape index (κ2) is 4.91. The van der Waals surface area contributed by atoms with Gasteiger partial charge in [-0.1, -0.05) is 0 Å². The molecule has 0 amide bonds. The van der Waals surface area contributed by atoms with Gasteiger partial charge in [0.15, 0.2) is 11.4 Å². The Hall–Kier alpha value is -0.660. The third-order valence-electron chi connectivity index (χ3n) is 2.24. The van der Waals surface area contributed by atoms with Crippen molar-refractivity contribution < 1.29 is 9.53 Å². The van der Waals surface area contributed by atoms with Gasteiger partial charge in [-0.3, -0.25) is 9.48 Å². The maximum absolute atomic E-state index is 12.4. The molecule has 2 rings (SSSR count). The Bertz CT molecular complexity index is 577. The minimum absolute atomic E-state index is 0.115. The number of aryl methyl sites for hydroxylation is 1. The molecule has 0 aliphatic rings. The number of aromatic nitrogens is 2. The molecule has 17 heavy (non-hydrogen) atoms. The molecule has 0 fully saturated rings. The molecular formula is C10H8Br2N2O2S. The molecular weight excluding hydrogens is 372 g/mol. The van der Waals surface area contributed by atoms with Crippen LogP contribution < -0.4 is 4.74 Å². The standard InChI is InChI=1S/C10H8Br2N2O2S/c1-14-8(6(16-2)4-13-14)9(15)5-3-7(11)17-10(5)12/h3-4H,1-2H3. The number of ether oxygens (including phenoxy) is 1. The van der Waals surface area contributed by atoms with E-state index in [0.29, 0.717) is 17.0 Å². The maximum atomic E-state index is 12.4. The van der Waals surface area contributed by atoms with Gasteiger partial charge in [-0.25, -0.2) is 0 Å². The lowest BCUT2D eigenvalue weighted by Crippen LogP contribution is -2.09. The smallest absolute Gasteiger partial charge is 0.216 e. The molecule has 90 valence electrons. The number of rotatable bonds is 3. The van der Waals surface area contributed by atoms with Crippen LogP contribution in [-0.2, 0) is 7.05 Å². The van der Waals surface area contributed by atoms with E-state index in [-0.39, 0.29) is 5.78 Å². The number of carbonyl (C=O) groups is 1. The lowest BCUT2D eigenvalue weighted by molar-refractivity contribution is 0.102. The van der Waals surface area contributed by atoms with Crippen LogP contribution in [0.1, 0.15) is 16.1 Å². The Kier molecular flexibility index (Phi) is 3.70. The van der Waals surface area contributed by atoms with Crippen LogP contribution in [0.2, 0.25) is 0 Å². The zero-order chi connectivity index (χ0) is 12.6. The van der Waals surface area contributed by atoms with Gasteiger partial charge >= 0.3 is 0 Å². The number of nitrogens with zero attached hydrogens (tertiary/aromatic N) is 2. The van der Waals surface area contributed by atoms with E-state index in [0.717, 1.165) is 7.57 Å². The van der Waals surface area contributed by atoms with E-state index in [1.807, 2.05) is 0 Å². The van der Waals surface area contributed by atoms with E-state index >= 15 is 0 Å². The van der Waals surface area contributed by atoms with E-state index in [1.165, 1.54) is 29.3 Å². The second-order valence-corrected chi connectivity index (χ2v) is 7.00. The molecule has 0 unspecified atom stereocenters. The topological polar surface area (TPSA) is 44.1 Å². The van der Waals surface area contributed by atoms with Gasteiger partial charge in [0.05, 0.1) is 26.4 Å². The molecule has 2 aromatic rings. The summed E-state index contributed by atoms with van der Waals surface area (Å²) in [7, 11) is 3.23. The molecule has 0 aliphatic heterocycles. The van der Waals surface area contributed by atoms with Crippen molar-refractivity contribution in [1.29, 1.82) is 0 Å². The molecule has 7 heteroatoms. The van der Waals surface area contributed by atoms with Gasteiger partial charge < -0.3 is 4.74 Å². The number of carbonyl (C=O) groups excluding carboxylic acids is 1. The third kappa shape index (κ3) is 2.31. The largest absolute Gasteiger partial charge is 0.493 e. The first-order valence-corrected chi connectivity index (χ1v) is 7.00. The number of methoxy groups -OCH3 is 1. The van der Waals surface area contributed by atoms with Crippen molar-refractivity contribution in [2.75, 3.05) is 7.11 Å². The van der Waals surface area contributed by atoms with E-state index < -0.39 is 0 Å². The normalized spacial score (nSPS) is 10.6. The number of ketones is 1. The van der Waals surface area contributed by atoms with Crippen molar-refractivity contribution in [2.45, 2.75) is 0 Å². The molecule has 0 saturated carbocycles. The van der Waals surface area contributed by atoms with Crippen molar-refractivity contribution >= 4 is 49.0 Å². The Morgan fingerprint density at radius 1 is 1.53 bits per heavy atom. The zero-order valence-corrected chi connectivity index (χ0v) is 13.0. The number of thiophene rings is 1. The average molecular weight is 380 g/mol. The predicted octanol–water partition coefficient (Wildman–Crippen LogP) is 3.25. The van der Waals surface area contributed by atoms with Crippen LogP contribution >= 0.6 is 43.2 Å². The molecule has 0 N–H and O–H groups in total. The monoisotopic (exact) mass is 378 g/mol. The quantitative estimate of drug-likeness (QED) is 0.769. The minimum Gasteiger partial charge on any atom is -0.493 e. The fourth-order valence-electron chi connectivity index (χ4n) is 1.45. The molecule has 0 aliphatic carbocycles. The van der Waals surface area contributed by atoms with Crippen molar-refractivity contribution in [3.8, 4) is 5.75 Å². The predicted molar refractivity (Wildman–Crippen MR) is 72.9 cm³/mol. The van der Waals surface area contributed by atoms with Crippen LogP contribution in [0.4, 0.5) is 0 Å². The fraction of sp³-hybridized carbons (Fsp3) is 0.200. The van der Waals surface area contributed by atoms with Crippen LogP contribution in [0.15, 0.2) is 19.8 Å². The number of hydrogen-bond donors (Lipinski definition) is 0.